The molecule has 0 unspecified atom stereocenters. The van der Waals surface area contributed by atoms with Crippen LogP contribution in [0, 0.1) is 13.8 Å². The Hall–Kier alpha value is -1.58. The predicted octanol–water partition coefficient (Wildman–Crippen LogP) is 1.67. The van der Waals surface area contributed by atoms with E-state index in [4.69, 9.17) is 0 Å². The molecule has 98 valence electrons. The number of amides is 1. The van der Waals surface area contributed by atoms with Crippen molar-refractivity contribution in [2.24, 2.45) is 7.05 Å². The van der Waals surface area contributed by atoms with Crippen LogP contribution >= 0.6 is 0 Å². The fourth-order valence-electron chi connectivity index (χ4n) is 2.58. The zero-order chi connectivity index (χ0) is 13.3. The van der Waals surface area contributed by atoms with Crippen LogP contribution in [0.5, 0.6) is 0 Å². The van der Waals surface area contributed by atoms with Gasteiger partial charge >= 0.3 is 0 Å². The molecule has 1 N–H and O–H groups in total. The summed E-state index contributed by atoms with van der Waals surface area (Å²) in [7, 11) is 1.70. The molecule has 0 bridgehead atoms. The molecule has 1 amide bonds. The van der Waals surface area contributed by atoms with E-state index in [1.807, 2.05) is 19.9 Å². The van der Waals surface area contributed by atoms with Gasteiger partial charge in [0.05, 0.1) is 0 Å². The Morgan fingerprint density at radius 3 is 2.56 bits per heavy atom. The van der Waals surface area contributed by atoms with Crippen molar-refractivity contribution < 1.29 is 4.79 Å². The van der Waals surface area contributed by atoms with Gasteiger partial charge in [-0.2, -0.15) is 0 Å². The third-order valence-electron chi connectivity index (χ3n) is 3.78. The summed E-state index contributed by atoms with van der Waals surface area (Å²) in [4.78, 5) is 24.3. The van der Waals surface area contributed by atoms with Crippen molar-refractivity contribution >= 4 is 5.91 Å². The van der Waals surface area contributed by atoms with E-state index < -0.39 is 0 Å². The van der Waals surface area contributed by atoms with Crippen LogP contribution in [-0.4, -0.2) is 16.5 Å². The van der Waals surface area contributed by atoms with Crippen molar-refractivity contribution in [2.45, 2.75) is 45.6 Å². The largest absolute Gasteiger partial charge is 0.349 e. The van der Waals surface area contributed by atoms with Crippen molar-refractivity contribution in [3.8, 4) is 0 Å². The Bertz CT molecular complexity index is 525. The summed E-state index contributed by atoms with van der Waals surface area (Å²) in [5.41, 5.74) is 1.71. The molecule has 1 aliphatic rings. The Labute approximate surface area is 107 Å². The van der Waals surface area contributed by atoms with Crippen LogP contribution in [0.15, 0.2) is 10.9 Å². The quantitative estimate of drug-likeness (QED) is 0.865. The number of aryl methyl sites for hydroxylation is 2. The molecule has 1 aliphatic carbocycles. The maximum atomic E-state index is 12.2. The minimum atomic E-state index is -0.222. The van der Waals surface area contributed by atoms with E-state index in [9.17, 15) is 9.59 Å². The van der Waals surface area contributed by atoms with Gasteiger partial charge in [0.2, 0.25) is 0 Å². The summed E-state index contributed by atoms with van der Waals surface area (Å²) in [6.45, 7) is 3.69. The number of hydrogen-bond acceptors (Lipinski definition) is 2. The van der Waals surface area contributed by atoms with Gasteiger partial charge in [-0.05, 0) is 38.3 Å². The molecule has 1 fully saturated rings. The monoisotopic (exact) mass is 248 g/mol. The lowest BCUT2D eigenvalue weighted by molar-refractivity contribution is 0.0935. The van der Waals surface area contributed by atoms with Gasteiger partial charge in [0.15, 0.2) is 0 Å². The molecule has 0 aromatic carbocycles. The standard InChI is InChI=1S/C14H20N2O2/c1-9-8-10(2)16(3)14(18)12(9)13(17)15-11-6-4-5-7-11/h8,11H,4-7H2,1-3H3,(H,15,17). The highest BCUT2D eigenvalue weighted by molar-refractivity contribution is 5.95. The van der Waals surface area contributed by atoms with Crippen LogP contribution < -0.4 is 10.9 Å². The Balaban J connectivity index is 2.30. The highest BCUT2D eigenvalue weighted by Gasteiger charge is 2.21. The number of aromatic nitrogens is 1. The lowest BCUT2D eigenvalue weighted by Crippen LogP contribution is -2.38. The van der Waals surface area contributed by atoms with Crippen molar-refractivity contribution in [2.75, 3.05) is 0 Å². The molecule has 1 aromatic heterocycles. The average Bonchev–Trinajstić information content (AvgIpc) is 2.78. The van der Waals surface area contributed by atoms with Gasteiger partial charge < -0.3 is 9.88 Å². The molecule has 0 radical (unpaired) electrons. The Kier molecular flexibility index (Phi) is 3.55. The summed E-state index contributed by atoms with van der Waals surface area (Å²) in [5.74, 6) is -0.222. The van der Waals surface area contributed by atoms with Gasteiger partial charge in [0, 0.05) is 18.8 Å². The summed E-state index contributed by atoms with van der Waals surface area (Å²) in [6, 6.07) is 2.12. The predicted molar refractivity (Wildman–Crippen MR) is 70.9 cm³/mol. The second-order valence-electron chi connectivity index (χ2n) is 5.16. The second kappa shape index (κ2) is 4.96. The van der Waals surface area contributed by atoms with E-state index in [1.165, 1.54) is 4.57 Å². The van der Waals surface area contributed by atoms with Gasteiger partial charge in [-0.25, -0.2) is 0 Å². The van der Waals surface area contributed by atoms with Crippen molar-refractivity contribution in [1.29, 1.82) is 0 Å². The fraction of sp³-hybridized carbons (Fsp3) is 0.571. The number of carbonyl (C=O) groups excluding carboxylic acids is 1. The third-order valence-corrected chi connectivity index (χ3v) is 3.78. The smallest absolute Gasteiger partial charge is 0.263 e. The fourth-order valence-corrected chi connectivity index (χ4v) is 2.58. The number of hydrogen-bond donors (Lipinski definition) is 1. The van der Waals surface area contributed by atoms with Gasteiger partial charge in [-0.1, -0.05) is 12.8 Å². The molecule has 4 heteroatoms. The van der Waals surface area contributed by atoms with Crippen molar-refractivity contribution in [3.05, 3.63) is 33.2 Å². The molecule has 4 nitrogen and oxygen atoms in total. The van der Waals surface area contributed by atoms with Gasteiger partial charge in [0.25, 0.3) is 11.5 Å². The molecule has 2 rings (SSSR count). The van der Waals surface area contributed by atoms with Crippen molar-refractivity contribution in [1.82, 2.24) is 9.88 Å². The van der Waals surface area contributed by atoms with Crippen LogP contribution in [0.4, 0.5) is 0 Å². The molecule has 0 atom stereocenters. The lowest BCUT2D eigenvalue weighted by atomic mass is 10.1. The molecule has 0 aliphatic heterocycles. The van der Waals surface area contributed by atoms with Crippen LogP contribution in [0.2, 0.25) is 0 Å². The number of rotatable bonds is 2. The normalized spacial score (nSPS) is 15.9. The van der Waals surface area contributed by atoms with E-state index in [1.54, 1.807) is 7.05 Å². The molecule has 1 saturated carbocycles. The zero-order valence-electron chi connectivity index (χ0n) is 11.2. The number of carbonyl (C=O) groups is 1. The SMILES string of the molecule is Cc1cc(C)n(C)c(=O)c1C(=O)NC1CCCC1. The number of pyridine rings is 1. The Morgan fingerprint density at radius 1 is 1.33 bits per heavy atom. The van der Waals surface area contributed by atoms with Gasteiger partial charge in [0.1, 0.15) is 5.56 Å². The Morgan fingerprint density at radius 2 is 1.94 bits per heavy atom. The highest BCUT2D eigenvalue weighted by Crippen LogP contribution is 2.18. The van der Waals surface area contributed by atoms with Crippen LogP contribution in [0.3, 0.4) is 0 Å². The first kappa shape index (κ1) is 12.9. The summed E-state index contributed by atoms with van der Waals surface area (Å²) >= 11 is 0. The first-order valence-corrected chi connectivity index (χ1v) is 6.49. The lowest BCUT2D eigenvalue weighted by Gasteiger charge is -2.14. The van der Waals surface area contributed by atoms with Crippen molar-refractivity contribution in [3.63, 3.8) is 0 Å². The average molecular weight is 248 g/mol. The third kappa shape index (κ3) is 2.33. The summed E-state index contributed by atoms with van der Waals surface area (Å²) in [6.07, 6.45) is 4.37. The minimum absolute atomic E-state index is 0.206. The van der Waals surface area contributed by atoms with E-state index in [0.717, 1.165) is 36.9 Å². The molecule has 0 saturated heterocycles. The van der Waals surface area contributed by atoms with Gasteiger partial charge in [-0.3, -0.25) is 9.59 Å². The molecule has 1 aromatic rings. The van der Waals surface area contributed by atoms with Gasteiger partial charge in [-0.15, -0.1) is 0 Å². The molecular weight excluding hydrogens is 228 g/mol. The first-order valence-electron chi connectivity index (χ1n) is 6.49. The van der Waals surface area contributed by atoms with E-state index in [0.29, 0.717) is 0 Å². The summed E-state index contributed by atoms with van der Waals surface area (Å²) < 4.78 is 1.52. The maximum absolute atomic E-state index is 12.2. The second-order valence-corrected chi connectivity index (χ2v) is 5.16. The number of nitrogens with one attached hydrogen (secondary N) is 1. The van der Waals surface area contributed by atoms with E-state index >= 15 is 0 Å². The topological polar surface area (TPSA) is 51.1 Å². The summed E-state index contributed by atoms with van der Waals surface area (Å²) in [5, 5.41) is 2.97. The van der Waals surface area contributed by atoms with Crippen LogP contribution in [-0.2, 0) is 7.05 Å². The van der Waals surface area contributed by atoms with E-state index in [2.05, 4.69) is 5.32 Å². The molecule has 18 heavy (non-hydrogen) atoms. The maximum Gasteiger partial charge on any atom is 0.263 e. The minimum Gasteiger partial charge on any atom is -0.349 e. The highest BCUT2D eigenvalue weighted by atomic mass is 16.2. The van der Waals surface area contributed by atoms with Crippen LogP contribution in [0.25, 0.3) is 0 Å². The van der Waals surface area contributed by atoms with E-state index in [-0.39, 0.29) is 23.1 Å². The number of nitrogens with zero attached hydrogens (tertiary/aromatic N) is 1. The first-order chi connectivity index (χ1) is 8.50. The molecular formula is C14H20N2O2. The zero-order valence-corrected chi connectivity index (χ0v) is 11.2. The molecule has 1 heterocycles. The molecule has 0 spiro atoms. The van der Waals surface area contributed by atoms with Crippen LogP contribution in [0.1, 0.15) is 47.3 Å².